The summed E-state index contributed by atoms with van der Waals surface area (Å²) < 4.78 is 6.83. The van der Waals surface area contributed by atoms with Gasteiger partial charge in [0.1, 0.15) is 18.1 Å². The quantitative estimate of drug-likeness (QED) is 0.133. The Kier molecular flexibility index (Phi) is 9.85. The SMILES string of the molecule is CN(C)c1ccc(/C=C(\NC(=O)c2ccccc2)C(=O)N/N=C/c2cc(Br)ccc2OCc2ccccc2)cc1. The van der Waals surface area contributed by atoms with Crippen molar-refractivity contribution >= 4 is 45.7 Å². The van der Waals surface area contributed by atoms with Crippen LogP contribution >= 0.6 is 15.9 Å². The largest absolute Gasteiger partial charge is 0.488 e. The minimum Gasteiger partial charge on any atom is -0.488 e. The Balaban J connectivity index is 1.52. The highest BCUT2D eigenvalue weighted by atomic mass is 79.9. The zero-order valence-electron chi connectivity index (χ0n) is 22.2. The summed E-state index contributed by atoms with van der Waals surface area (Å²) in [6, 6.07) is 31.7. The van der Waals surface area contributed by atoms with E-state index in [9.17, 15) is 9.59 Å². The second kappa shape index (κ2) is 13.9. The third-order valence-corrected chi connectivity index (χ3v) is 6.32. The molecule has 2 N–H and O–H groups in total. The lowest BCUT2D eigenvalue weighted by atomic mass is 10.1. The topological polar surface area (TPSA) is 83.0 Å². The molecule has 0 aliphatic carbocycles. The van der Waals surface area contributed by atoms with Gasteiger partial charge < -0.3 is 15.0 Å². The third kappa shape index (κ3) is 8.15. The van der Waals surface area contributed by atoms with Crippen LogP contribution in [0.1, 0.15) is 27.0 Å². The van der Waals surface area contributed by atoms with Gasteiger partial charge in [0.15, 0.2) is 0 Å². The summed E-state index contributed by atoms with van der Waals surface area (Å²) in [5, 5.41) is 6.87. The summed E-state index contributed by atoms with van der Waals surface area (Å²) in [7, 11) is 3.90. The summed E-state index contributed by atoms with van der Waals surface area (Å²) >= 11 is 3.47. The molecule has 2 amide bonds. The van der Waals surface area contributed by atoms with Gasteiger partial charge >= 0.3 is 0 Å². The van der Waals surface area contributed by atoms with Crippen molar-refractivity contribution < 1.29 is 14.3 Å². The summed E-state index contributed by atoms with van der Waals surface area (Å²) in [6.45, 7) is 0.390. The van der Waals surface area contributed by atoms with Gasteiger partial charge in [0.2, 0.25) is 0 Å². The fourth-order valence-corrected chi connectivity index (χ4v) is 4.06. The summed E-state index contributed by atoms with van der Waals surface area (Å²) in [5.74, 6) is -0.363. The molecule has 4 aromatic rings. The van der Waals surface area contributed by atoms with E-state index in [-0.39, 0.29) is 5.70 Å². The van der Waals surface area contributed by atoms with Crippen LogP contribution in [0, 0.1) is 0 Å². The van der Waals surface area contributed by atoms with Gasteiger partial charge in [-0.2, -0.15) is 5.10 Å². The van der Waals surface area contributed by atoms with E-state index in [2.05, 4.69) is 31.8 Å². The smallest absolute Gasteiger partial charge is 0.287 e. The van der Waals surface area contributed by atoms with E-state index in [0.29, 0.717) is 23.5 Å². The maximum atomic E-state index is 13.2. The van der Waals surface area contributed by atoms with E-state index in [4.69, 9.17) is 4.74 Å². The number of hydrazone groups is 1. The van der Waals surface area contributed by atoms with Crippen LogP contribution in [0.25, 0.3) is 6.08 Å². The van der Waals surface area contributed by atoms with E-state index >= 15 is 0 Å². The number of nitrogens with one attached hydrogen (secondary N) is 2. The summed E-state index contributed by atoms with van der Waals surface area (Å²) in [6.07, 6.45) is 3.12. The molecule has 0 unspecified atom stereocenters. The van der Waals surface area contributed by atoms with Gasteiger partial charge in [0, 0.05) is 35.4 Å². The standard InChI is InChI=1S/C32H29BrN4O3/c1-37(2)28-16-13-23(14-17-28)19-29(35-31(38)25-11-7-4-8-12-25)32(39)36-34-21-26-20-27(33)15-18-30(26)40-22-24-9-5-3-6-10-24/h3-21H,22H2,1-2H3,(H,35,38)(H,36,39)/b29-19-,34-21+. The molecule has 0 fully saturated rings. The zero-order valence-corrected chi connectivity index (χ0v) is 23.8. The normalized spacial score (nSPS) is 11.2. The molecule has 40 heavy (non-hydrogen) atoms. The fraction of sp³-hybridized carbons (Fsp3) is 0.0938. The van der Waals surface area contributed by atoms with Crippen molar-refractivity contribution in [2.24, 2.45) is 5.10 Å². The Morgan fingerprint density at radius 2 is 1.57 bits per heavy atom. The van der Waals surface area contributed by atoms with Gasteiger partial charge in [-0.1, -0.05) is 76.6 Å². The molecule has 0 saturated carbocycles. The van der Waals surface area contributed by atoms with Crippen LogP contribution in [0.4, 0.5) is 5.69 Å². The second-order valence-electron chi connectivity index (χ2n) is 9.02. The van der Waals surface area contributed by atoms with Crippen LogP contribution in [0.2, 0.25) is 0 Å². The van der Waals surface area contributed by atoms with Crippen molar-refractivity contribution in [2.45, 2.75) is 6.61 Å². The van der Waals surface area contributed by atoms with Gasteiger partial charge in [-0.15, -0.1) is 0 Å². The van der Waals surface area contributed by atoms with Crippen molar-refractivity contribution in [2.75, 3.05) is 19.0 Å². The van der Waals surface area contributed by atoms with Crippen LogP contribution in [0.5, 0.6) is 5.75 Å². The van der Waals surface area contributed by atoms with Gasteiger partial charge in [-0.3, -0.25) is 9.59 Å². The van der Waals surface area contributed by atoms with Gasteiger partial charge in [0.25, 0.3) is 11.8 Å². The van der Waals surface area contributed by atoms with E-state index in [1.807, 2.05) is 97.9 Å². The molecule has 0 aliphatic rings. The van der Waals surface area contributed by atoms with Gasteiger partial charge in [-0.05, 0) is 59.7 Å². The molecule has 7 nitrogen and oxygen atoms in total. The predicted octanol–water partition coefficient (Wildman–Crippen LogP) is 6.02. The minimum absolute atomic E-state index is 0.0541. The van der Waals surface area contributed by atoms with Gasteiger partial charge in [0.05, 0.1) is 6.21 Å². The molecular formula is C32H29BrN4O3. The number of hydrogen-bond acceptors (Lipinski definition) is 5. The number of carbonyl (C=O) groups is 2. The molecule has 0 spiro atoms. The summed E-state index contributed by atoms with van der Waals surface area (Å²) in [4.78, 5) is 28.0. The van der Waals surface area contributed by atoms with E-state index in [1.165, 1.54) is 6.21 Å². The fourth-order valence-electron chi connectivity index (χ4n) is 3.69. The maximum absolute atomic E-state index is 13.2. The molecule has 0 aromatic heterocycles. The number of amides is 2. The average molecular weight is 598 g/mol. The average Bonchev–Trinajstić information content (AvgIpc) is 2.97. The molecule has 202 valence electrons. The Bertz CT molecular complexity index is 1500. The van der Waals surface area contributed by atoms with Gasteiger partial charge in [-0.25, -0.2) is 5.43 Å². The Labute approximate surface area is 242 Å². The van der Waals surface area contributed by atoms with Crippen molar-refractivity contribution in [3.05, 3.63) is 136 Å². The summed E-state index contributed by atoms with van der Waals surface area (Å²) in [5.41, 5.74) is 6.48. The number of anilines is 1. The Morgan fingerprint density at radius 3 is 2.25 bits per heavy atom. The van der Waals surface area contributed by atoms with Crippen molar-refractivity contribution in [1.29, 1.82) is 0 Å². The van der Waals surface area contributed by atoms with Crippen LogP contribution in [-0.2, 0) is 11.4 Å². The lowest BCUT2D eigenvalue weighted by Crippen LogP contribution is -2.32. The molecule has 0 radical (unpaired) electrons. The van der Waals surface area contributed by atoms with Crippen LogP contribution < -0.4 is 20.4 Å². The van der Waals surface area contributed by atoms with E-state index in [1.54, 1.807) is 30.3 Å². The number of ether oxygens (including phenoxy) is 1. The van der Waals surface area contributed by atoms with Crippen molar-refractivity contribution in [3.8, 4) is 5.75 Å². The number of halogens is 1. The number of carbonyl (C=O) groups excluding carboxylic acids is 2. The molecule has 4 aromatic carbocycles. The zero-order chi connectivity index (χ0) is 28.3. The molecule has 4 rings (SSSR count). The lowest BCUT2D eigenvalue weighted by molar-refractivity contribution is -0.117. The maximum Gasteiger partial charge on any atom is 0.287 e. The molecular weight excluding hydrogens is 568 g/mol. The number of nitrogens with zero attached hydrogens (tertiary/aromatic N) is 2. The highest BCUT2D eigenvalue weighted by Crippen LogP contribution is 2.23. The molecule has 0 heterocycles. The lowest BCUT2D eigenvalue weighted by Gasteiger charge is -2.13. The Hall–Kier alpha value is -4.69. The molecule has 0 atom stereocenters. The molecule has 0 saturated heterocycles. The number of rotatable bonds is 10. The third-order valence-electron chi connectivity index (χ3n) is 5.83. The monoisotopic (exact) mass is 596 g/mol. The molecule has 0 bridgehead atoms. The minimum atomic E-state index is -0.570. The highest BCUT2D eigenvalue weighted by molar-refractivity contribution is 9.10. The second-order valence-corrected chi connectivity index (χ2v) is 9.94. The number of hydrogen-bond donors (Lipinski definition) is 2. The van der Waals surface area contributed by atoms with E-state index < -0.39 is 11.8 Å². The first-order chi connectivity index (χ1) is 19.4. The highest BCUT2D eigenvalue weighted by Gasteiger charge is 2.14. The number of benzene rings is 4. The van der Waals surface area contributed by atoms with Crippen molar-refractivity contribution in [1.82, 2.24) is 10.7 Å². The van der Waals surface area contributed by atoms with Crippen LogP contribution in [0.3, 0.4) is 0 Å². The van der Waals surface area contributed by atoms with Crippen LogP contribution in [0.15, 0.2) is 118 Å². The molecule has 8 heteroatoms. The van der Waals surface area contributed by atoms with E-state index in [0.717, 1.165) is 21.3 Å². The first-order valence-electron chi connectivity index (χ1n) is 12.5. The predicted molar refractivity (Wildman–Crippen MR) is 163 cm³/mol. The first-order valence-corrected chi connectivity index (χ1v) is 13.3. The molecule has 0 aliphatic heterocycles. The first kappa shape index (κ1) is 28.3. The van der Waals surface area contributed by atoms with Crippen LogP contribution in [-0.4, -0.2) is 32.1 Å². The Morgan fingerprint density at radius 1 is 0.900 bits per heavy atom. The van der Waals surface area contributed by atoms with Crippen molar-refractivity contribution in [3.63, 3.8) is 0 Å².